The summed E-state index contributed by atoms with van der Waals surface area (Å²) >= 11 is 0. The van der Waals surface area contributed by atoms with Crippen LogP contribution in [-0.4, -0.2) is 33.9 Å². The SMILES string of the molecule is COC(=O)C(N)C1(CCn2cncn2)CC1. The van der Waals surface area contributed by atoms with Crippen molar-refractivity contribution >= 4 is 5.97 Å². The lowest BCUT2D eigenvalue weighted by molar-refractivity contribution is -0.144. The summed E-state index contributed by atoms with van der Waals surface area (Å²) in [6.07, 6.45) is 5.97. The molecule has 0 aliphatic heterocycles. The number of carbonyl (C=O) groups is 1. The number of aryl methyl sites for hydroxylation is 1. The molecule has 1 heterocycles. The molecule has 1 atom stereocenters. The van der Waals surface area contributed by atoms with E-state index in [4.69, 9.17) is 5.73 Å². The lowest BCUT2D eigenvalue weighted by atomic mass is 9.93. The first kappa shape index (κ1) is 11.1. The maximum atomic E-state index is 11.4. The van der Waals surface area contributed by atoms with Gasteiger partial charge in [-0.3, -0.25) is 9.48 Å². The summed E-state index contributed by atoms with van der Waals surface area (Å²) in [6.45, 7) is 0.741. The van der Waals surface area contributed by atoms with Crippen molar-refractivity contribution in [3.63, 3.8) is 0 Å². The van der Waals surface area contributed by atoms with Crippen LogP contribution < -0.4 is 5.73 Å². The molecule has 0 bridgehead atoms. The van der Waals surface area contributed by atoms with E-state index in [-0.39, 0.29) is 11.4 Å². The van der Waals surface area contributed by atoms with Gasteiger partial charge in [0.25, 0.3) is 0 Å². The molecule has 1 fully saturated rings. The van der Waals surface area contributed by atoms with Crippen molar-refractivity contribution in [1.82, 2.24) is 14.8 Å². The zero-order chi connectivity index (χ0) is 11.6. The van der Waals surface area contributed by atoms with Crippen LogP contribution in [0, 0.1) is 5.41 Å². The quantitative estimate of drug-likeness (QED) is 0.709. The molecule has 88 valence electrons. The van der Waals surface area contributed by atoms with E-state index in [1.165, 1.54) is 13.4 Å². The summed E-state index contributed by atoms with van der Waals surface area (Å²) in [5.41, 5.74) is 5.80. The predicted molar refractivity (Wildman–Crippen MR) is 56.3 cm³/mol. The maximum Gasteiger partial charge on any atom is 0.323 e. The number of hydrogen-bond donors (Lipinski definition) is 1. The molecule has 0 amide bonds. The van der Waals surface area contributed by atoms with Crippen molar-refractivity contribution in [2.24, 2.45) is 11.1 Å². The molecule has 2 rings (SSSR count). The smallest absolute Gasteiger partial charge is 0.323 e. The molecule has 0 aromatic carbocycles. The van der Waals surface area contributed by atoms with Gasteiger partial charge >= 0.3 is 5.97 Å². The molecule has 6 heteroatoms. The molecule has 1 aromatic rings. The van der Waals surface area contributed by atoms with Crippen LogP contribution in [0.1, 0.15) is 19.3 Å². The van der Waals surface area contributed by atoms with Crippen LogP contribution in [0.15, 0.2) is 12.7 Å². The highest BCUT2D eigenvalue weighted by Crippen LogP contribution is 2.51. The average Bonchev–Trinajstić information content (AvgIpc) is 2.92. The van der Waals surface area contributed by atoms with Gasteiger partial charge in [-0.05, 0) is 24.7 Å². The first-order chi connectivity index (χ1) is 7.68. The molecule has 1 unspecified atom stereocenters. The van der Waals surface area contributed by atoms with Gasteiger partial charge in [0.2, 0.25) is 0 Å². The standard InChI is InChI=1S/C10H16N4O2/c1-16-9(15)8(11)10(2-3-10)4-5-14-7-12-6-13-14/h6-8H,2-5,11H2,1H3. The molecule has 0 spiro atoms. The van der Waals surface area contributed by atoms with Crippen molar-refractivity contribution < 1.29 is 9.53 Å². The second kappa shape index (κ2) is 4.21. The van der Waals surface area contributed by atoms with E-state index in [0.717, 1.165) is 25.8 Å². The van der Waals surface area contributed by atoms with E-state index in [1.807, 2.05) is 0 Å². The van der Waals surface area contributed by atoms with Crippen LogP contribution in [0.5, 0.6) is 0 Å². The van der Waals surface area contributed by atoms with Gasteiger partial charge in [-0.25, -0.2) is 4.98 Å². The van der Waals surface area contributed by atoms with Gasteiger partial charge in [0.05, 0.1) is 7.11 Å². The summed E-state index contributed by atoms with van der Waals surface area (Å²) in [7, 11) is 1.37. The number of carbonyl (C=O) groups excluding carboxylic acids is 1. The van der Waals surface area contributed by atoms with Crippen molar-refractivity contribution in [3.05, 3.63) is 12.7 Å². The minimum atomic E-state index is -0.513. The first-order valence-corrected chi connectivity index (χ1v) is 5.34. The molecule has 1 aliphatic carbocycles. The molecule has 1 aromatic heterocycles. The van der Waals surface area contributed by atoms with Crippen LogP contribution >= 0.6 is 0 Å². The summed E-state index contributed by atoms with van der Waals surface area (Å²) in [6, 6.07) is -0.513. The highest BCUT2D eigenvalue weighted by atomic mass is 16.5. The first-order valence-electron chi connectivity index (χ1n) is 5.34. The lowest BCUT2D eigenvalue weighted by Gasteiger charge is -2.20. The zero-order valence-corrected chi connectivity index (χ0v) is 9.30. The van der Waals surface area contributed by atoms with E-state index >= 15 is 0 Å². The van der Waals surface area contributed by atoms with Gasteiger partial charge < -0.3 is 10.5 Å². The Morgan fingerprint density at radius 1 is 1.69 bits per heavy atom. The predicted octanol–water partition coefficient (Wildman–Crippen LogP) is -0.0513. The minimum absolute atomic E-state index is 0.0843. The Labute approximate surface area is 93.8 Å². The van der Waals surface area contributed by atoms with Crippen LogP contribution in [0.3, 0.4) is 0 Å². The van der Waals surface area contributed by atoms with Crippen LogP contribution in [0.2, 0.25) is 0 Å². The van der Waals surface area contributed by atoms with Gasteiger partial charge in [-0.2, -0.15) is 5.10 Å². The van der Waals surface area contributed by atoms with Crippen molar-refractivity contribution in [2.45, 2.75) is 31.8 Å². The van der Waals surface area contributed by atoms with Crippen molar-refractivity contribution in [2.75, 3.05) is 7.11 Å². The Kier molecular flexibility index (Phi) is 2.91. The monoisotopic (exact) mass is 224 g/mol. The van der Waals surface area contributed by atoms with Crippen molar-refractivity contribution in [1.29, 1.82) is 0 Å². The number of nitrogens with two attached hydrogens (primary N) is 1. The zero-order valence-electron chi connectivity index (χ0n) is 9.30. The Bertz CT molecular complexity index is 359. The highest BCUT2D eigenvalue weighted by molar-refractivity contribution is 5.77. The molecule has 1 saturated carbocycles. The molecule has 16 heavy (non-hydrogen) atoms. The van der Waals surface area contributed by atoms with Gasteiger partial charge in [-0.1, -0.05) is 0 Å². The van der Waals surface area contributed by atoms with Gasteiger partial charge in [0.1, 0.15) is 18.7 Å². The third kappa shape index (κ3) is 2.06. The minimum Gasteiger partial charge on any atom is -0.468 e. The number of methoxy groups -OCH3 is 1. The Hall–Kier alpha value is -1.43. The van der Waals surface area contributed by atoms with E-state index in [9.17, 15) is 4.79 Å². The normalized spacial score (nSPS) is 19.1. The summed E-state index contributed by atoms with van der Waals surface area (Å²) in [5, 5.41) is 4.02. The van der Waals surface area contributed by atoms with Gasteiger partial charge in [0, 0.05) is 6.54 Å². The van der Waals surface area contributed by atoms with Gasteiger partial charge in [-0.15, -0.1) is 0 Å². The average molecular weight is 224 g/mol. The Morgan fingerprint density at radius 2 is 2.44 bits per heavy atom. The van der Waals surface area contributed by atoms with Crippen LogP contribution in [0.4, 0.5) is 0 Å². The van der Waals surface area contributed by atoms with Crippen molar-refractivity contribution in [3.8, 4) is 0 Å². The summed E-state index contributed by atoms with van der Waals surface area (Å²) in [5.74, 6) is -0.323. The topological polar surface area (TPSA) is 83.0 Å². The number of hydrogen-bond acceptors (Lipinski definition) is 5. The number of nitrogens with zero attached hydrogens (tertiary/aromatic N) is 3. The number of esters is 1. The van der Waals surface area contributed by atoms with E-state index in [2.05, 4.69) is 14.8 Å². The van der Waals surface area contributed by atoms with E-state index in [0.29, 0.717) is 0 Å². The molecule has 2 N–H and O–H groups in total. The fourth-order valence-electron chi connectivity index (χ4n) is 1.94. The maximum absolute atomic E-state index is 11.4. The fourth-order valence-corrected chi connectivity index (χ4v) is 1.94. The Balaban J connectivity index is 1.91. The van der Waals surface area contributed by atoms with E-state index in [1.54, 1.807) is 11.0 Å². The van der Waals surface area contributed by atoms with Gasteiger partial charge in [0.15, 0.2) is 0 Å². The van der Waals surface area contributed by atoms with E-state index < -0.39 is 6.04 Å². The molecule has 0 saturated heterocycles. The molecule has 0 radical (unpaired) electrons. The Morgan fingerprint density at radius 3 is 2.94 bits per heavy atom. The van der Waals surface area contributed by atoms with Crippen LogP contribution in [0.25, 0.3) is 0 Å². The second-order valence-corrected chi connectivity index (χ2v) is 4.27. The number of ether oxygens (including phenoxy) is 1. The molecular formula is C10H16N4O2. The number of aromatic nitrogens is 3. The molecule has 1 aliphatic rings. The third-order valence-electron chi connectivity index (χ3n) is 3.31. The molecular weight excluding hydrogens is 208 g/mol. The lowest BCUT2D eigenvalue weighted by Crippen LogP contribution is -2.40. The third-order valence-corrected chi connectivity index (χ3v) is 3.31. The van der Waals surface area contributed by atoms with Crippen LogP contribution in [-0.2, 0) is 16.1 Å². The highest BCUT2D eigenvalue weighted by Gasteiger charge is 2.50. The summed E-state index contributed by atoms with van der Waals surface area (Å²) in [4.78, 5) is 15.2. The number of rotatable bonds is 5. The largest absolute Gasteiger partial charge is 0.468 e. The second-order valence-electron chi connectivity index (χ2n) is 4.27. The fraction of sp³-hybridized carbons (Fsp3) is 0.700. The summed E-state index contributed by atoms with van der Waals surface area (Å²) < 4.78 is 6.43. The molecule has 6 nitrogen and oxygen atoms in total.